The molecule has 0 amide bonds. The number of rotatable bonds is 6. The fourth-order valence-corrected chi connectivity index (χ4v) is 5.10. The average molecular weight is 427 g/mol. The van der Waals surface area contributed by atoms with E-state index in [1.165, 1.54) is 12.1 Å². The van der Waals surface area contributed by atoms with Crippen LogP contribution >= 0.6 is 11.3 Å². The number of ether oxygens (including phenoxy) is 1. The highest BCUT2D eigenvalue weighted by Gasteiger charge is 2.27. The Kier molecular flexibility index (Phi) is 6.01. The van der Waals surface area contributed by atoms with Crippen LogP contribution in [0.25, 0.3) is 11.1 Å². The number of carbonyl (C=O) groups excluding carboxylic acids is 1. The molecule has 0 atom stereocenters. The zero-order chi connectivity index (χ0) is 21.0. The second kappa shape index (κ2) is 8.47. The number of aryl methyl sites for hydroxylation is 1. The molecule has 0 radical (unpaired) electrons. The number of thiophene rings is 1. The highest BCUT2D eigenvalue weighted by atomic mass is 32.2. The van der Waals surface area contributed by atoms with Gasteiger partial charge in [0.25, 0.3) is 10.0 Å². The molecule has 3 aromatic rings. The van der Waals surface area contributed by atoms with Crippen LogP contribution in [0.15, 0.2) is 59.5 Å². The first kappa shape index (κ1) is 20.6. The molecule has 0 saturated carbocycles. The van der Waals surface area contributed by atoms with Crippen LogP contribution in [0.1, 0.15) is 27.7 Å². The van der Waals surface area contributed by atoms with Crippen LogP contribution in [0.5, 0.6) is 0 Å². The van der Waals surface area contributed by atoms with Crippen molar-refractivity contribution in [2.75, 3.05) is 11.3 Å². The van der Waals surface area contributed by atoms with E-state index in [0.717, 1.165) is 16.9 Å². The number of esters is 1. The summed E-state index contributed by atoms with van der Waals surface area (Å²) in [6, 6.07) is 17.3. The van der Waals surface area contributed by atoms with Gasteiger partial charge in [0.2, 0.25) is 0 Å². The summed E-state index contributed by atoms with van der Waals surface area (Å²) in [5, 5.41) is 9.84. The Labute approximate surface area is 173 Å². The van der Waals surface area contributed by atoms with E-state index in [1.54, 1.807) is 43.3 Å². The summed E-state index contributed by atoms with van der Waals surface area (Å²) < 4.78 is 33.2. The summed E-state index contributed by atoms with van der Waals surface area (Å²) in [4.78, 5) is 12.7. The minimum atomic E-state index is -3.93. The molecule has 0 saturated heterocycles. The summed E-state index contributed by atoms with van der Waals surface area (Å²) in [5.41, 5.74) is 2.00. The van der Waals surface area contributed by atoms with Crippen LogP contribution < -0.4 is 4.72 Å². The molecule has 1 N–H and O–H groups in total. The summed E-state index contributed by atoms with van der Waals surface area (Å²) >= 11 is 0.891. The lowest BCUT2D eigenvalue weighted by molar-refractivity contribution is 0.0533. The highest BCUT2D eigenvalue weighted by molar-refractivity contribution is 7.93. The molecule has 6 nitrogen and oxygen atoms in total. The molecule has 0 aliphatic heterocycles. The summed E-state index contributed by atoms with van der Waals surface area (Å²) in [5.74, 6) is -0.603. The zero-order valence-electron chi connectivity index (χ0n) is 15.8. The molecule has 0 fully saturated rings. The lowest BCUT2D eigenvalue weighted by atomic mass is 10.0. The number of nitrogens with one attached hydrogen (secondary N) is 1. The lowest BCUT2D eigenvalue weighted by Crippen LogP contribution is -2.12. The number of carbonyl (C=O) groups is 1. The fourth-order valence-electron chi connectivity index (χ4n) is 2.73. The first-order valence-electron chi connectivity index (χ1n) is 8.76. The summed E-state index contributed by atoms with van der Waals surface area (Å²) in [6.07, 6.45) is 0. The molecule has 29 heavy (non-hydrogen) atoms. The normalized spacial score (nSPS) is 10.9. The molecule has 0 unspecified atom stereocenters. The molecule has 0 aliphatic carbocycles. The molecule has 148 valence electrons. The standard InChI is InChI=1S/C21H18N2O4S2/c1-3-27-21(24)19-18(15-7-5-4-6-8-15)17(13-22)20(28-19)23-29(25,26)16-11-9-14(2)10-12-16/h4-12,23H,3H2,1-2H3. The van der Waals surface area contributed by atoms with Crippen LogP contribution in [-0.4, -0.2) is 21.0 Å². The van der Waals surface area contributed by atoms with Gasteiger partial charge >= 0.3 is 5.97 Å². The SMILES string of the molecule is CCOC(=O)c1sc(NS(=O)(=O)c2ccc(C)cc2)c(C#N)c1-c1ccccc1. The number of hydrogen-bond acceptors (Lipinski definition) is 6. The Morgan fingerprint density at radius 2 is 1.79 bits per heavy atom. The van der Waals surface area contributed by atoms with Gasteiger partial charge in [0.05, 0.1) is 17.1 Å². The van der Waals surface area contributed by atoms with Gasteiger partial charge in [-0.3, -0.25) is 4.72 Å². The number of anilines is 1. The third-order valence-corrected chi connectivity index (χ3v) is 6.68. The Balaban J connectivity index is 2.13. The number of sulfonamides is 1. The quantitative estimate of drug-likeness (QED) is 0.582. The van der Waals surface area contributed by atoms with E-state index in [-0.39, 0.29) is 26.9 Å². The van der Waals surface area contributed by atoms with E-state index in [9.17, 15) is 18.5 Å². The zero-order valence-corrected chi connectivity index (χ0v) is 17.4. The predicted molar refractivity (Wildman–Crippen MR) is 112 cm³/mol. The van der Waals surface area contributed by atoms with Gasteiger partial charge in [0, 0.05) is 5.56 Å². The number of nitrogens with zero attached hydrogens (tertiary/aromatic N) is 1. The van der Waals surface area contributed by atoms with Crippen LogP contribution in [0.4, 0.5) is 5.00 Å². The molecule has 1 heterocycles. The average Bonchev–Trinajstić information content (AvgIpc) is 3.06. The minimum absolute atomic E-state index is 0.0688. The third-order valence-electron chi connectivity index (χ3n) is 4.10. The van der Waals surface area contributed by atoms with E-state index in [4.69, 9.17) is 4.74 Å². The molecule has 0 spiro atoms. The van der Waals surface area contributed by atoms with Crippen molar-refractivity contribution in [1.82, 2.24) is 0 Å². The molecule has 0 bridgehead atoms. The Morgan fingerprint density at radius 1 is 1.14 bits per heavy atom. The van der Waals surface area contributed by atoms with Gasteiger partial charge in [0.15, 0.2) is 0 Å². The topological polar surface area (TPSA) is 96.3 Å². The van der Waals surface area contributed by atoms with Crippen LogP contribution in [0.3, 0.4) is 0 Å². The van der Waals surface area contributed by atoms with Crippen molar-refractivity contribution in [2.45, 2.75) is 18.7 Å². The second-order valence-electron chi connectivity index (χ2n) is 6.13. The Morgan fingerprint density at radius 3 is 2.38 bits per heavy atom. The number of nitriles is 1. The van der Waals surface area contributed by atoms with Crippen LogP contribution in [-0.2, 0) is 14.8 Å². The fraction of sp³-hybridized carbons (Fsp3) is 0.143. The van der Waals surface area contributed by atoms with Gasteiger partial charge in [-0.25, -0.2) is 13.2 Å². The Bertz CT molecular complexity index is 1180. The van der Waals surface area contributed by atoms with E-state index < -0.39 is 16.0 Å². The maximum atomic E-state index is 12.8. The van der Waals surface area contributed by atoms with Crippen molar-refractivity contribution in [1.29, 1.82) is 5.26 Å². The van der Waals surface area contributed by atoms with Crippen molar-refractivity contribution in [3.05, 3.63) is 70.6 Å². The maximum Gasteiger partial charge on any atom is 0.349 e. The number of benzene rings is 2. The van der Waals surface area contributed by atoms with Crippen molar-refractivity contribution >= 4 is 32.3 Å². The molecule has 1 aromatic heterocycles. The first-order valence-corrected chi connectivity index (χ1v) is 11.1. The first-order chi connectivity index (χ1) is 13.9. The summed E-state index contributed by atoms with van der Waals surface area (Å²) in [7, 11) is -3.93. The number of hydrogen-bond donors (Lipinski definition) is 1. The van der Waals surface area contributed by atoms with Crippen molar-refractivity contribution in [3.63, 3.8) is 0 Å². The van der Waals surface area contributed by atoms with E-state index in [2.05, 4.69) is 4.72 Å². The largest absolute Gasteiger partial charge is 0.462 e. The summed E-state index contributed by atoms with van der Waals surface area (Å²) in [6.45, 7) is 3.70. The van der Waals surface area contributed by atoms with Crippen molar-refractivity contribution in [2.24, 2.45) is 0 Å². The maximum absolute atomic E-state index is 12.8. The van der Waals surface area contributed by atoms with Gasteiger partial charge in [-0.15, -0.1) is 11.3 Å². The second-order valence-corrected chi connectivity index (χ2v) is 8.83. The molecular weight excluding hydrogens is 408 g/mol. The molecular formula is C21H18N2O4S2. The van der Waals surface area contributed by atoms with Gasteiger partial charge in [-0.2, -0.15) is 5.26 Å². The van der Waals surface area contributed by atoms with Crippen LogP contribution in [0, 0.1) is 18.3 Å². The van der Waals surface area contributed by atoms with Crippen molar-refractivity contribution in [3.8, 4) is 17.2 Å². The monoisotopic (exact) mass is 426 g/mol. The van der Waals surface area contributed by atoms with Crippen LogP contribution in [0.2, 0.25) is 0 Å². The molecule has 0 aliphatic rings. The van der Waals surface area contributed by atoms with Crippen molar-refractivity contribution < 1.29 is 17.9 Å². The third kappa shape index (κ3) is 4.31. The minimum Gasteiger partial charge on any atom is -0.462 e. The van der Waals surface area contributed by atoms with E-state index >= 15 is 0 Å². The van der Waals surface area contributed by atoms with Gasteiger partial charge in [-0.1, -0.05) is 48.0 Å². The Hall–Kier alpha value is -3.15. The highest BCUT2D eigenvalue weighted by Crippen LogP contribution is 2.41. The predicted octanol–water partition coefficient (Wildman–Crippen LogP) is 4.57. The molecule has 8 heteroatoms. The van der Waals surface area contributed by atoms with Gasteiger partial charge in [0.1, 0.15) is 15.9 Å². The lowest BCUT2D eigenvalue weighted by Gasteiger charge is -2.07. The smallest absolute Gasteiger partial charge is 0.349 e. The van der Waals surface area contributed by atoms with Gasteiger partial charge in [-0.05, 0) is 31.5 Å². The van der Waals surface area contributed by atoms with Gasteiger partial charge < -0.3 is 4.74 Å². The molecule has 3 rings (SSSR count). The van der Waals surface area contributed by atoms with E-state index in [1.807, 2.05) is 19.1 Å². The van der Waals surface area contributed by atoms with E-state index in [0.29, 0.717) is 11.1 Å². The molecule has 2 aromatic carbocycles.